The Balaban J connectivity index is 1.93. The highest BCUT2D eigenvalue weighted by Gasteiger charge is 2.44. The van der Waals surface area contributed by atoms with Crippen molar-refractivity contribution in [3.63, 3.8) is 0 Å². The zero-order chi connectivity index (χ0) is 10.3. The number of carbonyl (C=O) groups is 1. The molecule has 0 aromatic carbocycles. The molecule has 80 valence electrons. The van der Waals surface area contributed by atoms with Crippen molar-refractivity contribution in [3.05, 3.63) is 0 Å². The van der Waals surface area contributed by atoms with Gasteiger partial charge in [-0.2, -0.15) is 0 Å². The Morgan fingerprint density at radius 3 is 2.50 bits per heavy atom. The highest BCUT2D eigenvalue weighted by atomic mass is 16.6. The van der Waals surface area contributed by atoms with Crippen molar-refractivity contribution in [1.82, 2.24) is 5.32 Å². The molecule has 0 radical (unpaired) electrons. The Labute approximate surface area is 85.2 Å². The van der Waals surface area contributed by atoms with Crippen LogP contribution in [0.25, 0.3) is 0 Å². The molecule has 2 fully saturated rings. The molecule has 0 amide bonds. The Morgan fingerprint density at radius 1 is 1.36 bits per heavy atom. The smallest absolute Gasteiger partial charge is 0.323 e. The number of fused-ring (bicyclic) bond motifs is 2. The average molecular weight is 197 g/mol. The van der Waals surface area contributed by atoms with Crippen LogP contribution in [0, 0.1) is 5.92 Å². The van der Waals surface area contributed by atoms with Crippen LogP contribution in [-0.4, -0.2) is 23.7 Å². The minimum atomic E-state index is -0.361. The van der Waals surface area contributed by atoms with Gasteiger partial charge in [0.05, 0.1) is 0 Å². The molecule has 3 atom stereocenters. The van der Waals surface area contributed by atoms with Gasteiger partial charge in [0, 0.05) is 6.04 Å². The van der Waals surface area contributed by atoms with Crippen LogP contribution in [0.1, 0.15) is 40.0 Å². The summed E-state index contributed by atoms with van der Waals surface area (Å²) in [6.07, 6.45) is 3.56. The topological polar surface area (TPSA) is 38.3 Å². The fourth-order valence-electron chi connectivity index (χ4n) is 2.49. The molecule has 3 nitrogen and oxygen atoms in total. The number of hydrogen-bond donors (Lipinski definition) is 1. The van der Waals surface area contributed by atoms with E-state index >= 15 is 0 Å². The number of rotatable bonds is 1. The molecule has 0 spiro atoms. The number of carbonyl (C=O) groups excluding carboxylic acids is 1. The average Bonchev–Trinajstić information content (AvgIpc) is 2.59. The van der Waals surface area contributed by atoms with Crippen LogP contribution >= 0.6 is 0 Å². The summed E-state index contributed by atoms with van der Waals surface area (Å²) in [7, 11) is 0. The Morgan fingerprint density at radius 2 is 2.07 bits per heavy atom. The van der Waals surface area contributed by atoms with E-state index in [4.69, 9.17) is 4.74 Å². The first kappa shape index (κ1) is 9.97. The predicted octanol–water partition coefficient (Wildman–Crippen LogP) is 1.47. The highest BCUT2D eigenvalue weighted by Crippen LogP contribution is 2.36. The molecule has 1 aliphatic heterocycles. The molecule has 1 heterocycles. The van der Waals surface area contributed by atoms with Crippen LogP contribution < -0.4 is 5.32 Å². The van der Waals surface area contributed by atoms with Gasteiger partial charge in [-0.05, 0) is 46.0 Å². The van der Waals surface area contributed by atoms with Gasteiger partial charge in [-0.15, -0.1) is 0 Å². The second-order valence-corrected chi connectivity index (χ2v) is 5.45. The summed E-state index contributed by atoms with van der Waals surface area (Å²) in [5.74, 6) is 0.458. The van der Waals surface area contributed by atoms with Gasteiger partial charge < -0.3 is 10.1 Å². The minimum Gasteiger partial charge on any atom is -0.459 e. The molecule has 0 unspecified atom stereocenters. The molecule has 14 heavy (non-hydrogen) atoms. The Hall–Kier alpha value is -0.570. The van der Waals surface area contributed by atoms with E-state index in [-0.39, 0.29) is 17.6 Å². The van der Waals surface area contributed by atoms with Crippen LogP contribution in [-0.2, 0) is 9.53 Å². The zero-order valence-corrected chi connectivity index (χ0v) is 9.17. The molecule has 1 saturated carbocycles. The van der Waals surface area contributed by atoms with Gasteiger partial charge in [-0.1, -0.05) is 0 Å². The first-order chi connectivity index (χ1) is 6.46. The van der Waals surface area contributed by atoms with Gasteiger partial charge in [0.2, 0.25) is 0 Å². The van der Waals surface area contributed by atoms with E-state index in [1.165, 1.54) is 12.8 Å². The summed E-state index contributed by atoms with van der Waals surface area (Å²) in [6, 6.07) is 0.533. The third-order valence-electron chi connectivity index (χ3n) is 3.02. The summed E-state index contributed by atoms with van der Waals surface area (Å²) in [6.45, 7) is 5.74. The normalized spacial score (nSPS) is 36.1. The third kappa shape index (κ3) is 1.92. The van der Waals surface area contributed by atoms with Crippen LogP contribution in [0.15, 0.2) is 0 Å². The van der Waals surface area contributed by atoms with Crippen molar-refractivity contribution < 1.29 is 9.53 Å². The van der Waals surface area contributed by atoms with Crippen molar-refractivity contribution in [1.29, 1.82) is 0 Å². The summed E-state index contributed by atoms with van der Waals surface area (Å²) in [5.41, 5.74) is -0.361. The molecule has 1 saturated heterocycles. The summed E-state index contributed by atoms with van der Waals surface area (Å²) < 4.78 is 5.37. The van der Waals surface area contributed by atoms with Crippen molar-refractivity contribution in [3.8, 4) is 0 Å². The molecular formula is C11H19NO2. The first-order valence-electron chi connectivity index (χ1n) is 5.44. The summed E-state index contributed by atoms with van der Waals surface area (Å²) >= 11 is 0. The van der Waals surface area contributed by atoms with Crippen LogP contribution in [0.4, 0.5) is 0 Å². The first-order valence-corrected chi connectivity index (χ1v) is 5.44. The lowest BCUT2D eigenvalue weighted by Gasteiger charge is -2.26. The van der Waals surface area contributed by atoms with Gasteiger partial charge in [-0.25, -0.2) is 0 Å². The van der Waals surface area contributed by atoms with Gasteiger partial charge >= 0.3 is 5.97 Å². The highest BCUT2D eigenvalue weighted by molar-refractivity contribution is 5.77. The monoisotopic (exact) mass is 197 g/mol. The van der Waals surface area contributed by atoms with Gasteiger partial charge in [-0.3, -0.25) is 4.79 Å². The summed E-state index contributed by atoms with van der Waals surface area (Å²) in [4.78, 5) is 11.8. The summed E-state index contributed by atoms with van der Waals surface area (Å²) in [5, 5.41) is 3.34. The zero-order valence-electron chi connectivity index (χ0n) is 9.17. The predicted molar refractivity (Wildman–Crippen MR) is 53.9 cm³/mol. The lowest BCUT2D eigenvalue weighted by Crippen LogP contribution is -2.44. The lowest BCUT2D eigenvalue weighted by atomic mass is 10.00. The maximum Gasteiger partial charge on any atom is 0.323 e. The third-order valence-corrected chi connectivity index (χ3v) is 3.02. The van der Waals surface area contributed by atoms with E-state index in [1.54, 1.807) is 0 Å². The number of esters is 1. The molecule has 2 bridgehead atoms. The Kier molecular flexibility index (Phi) is 2.30. The maximum absolute atomic E-state index is 11.8. The van der Waals surface area contributed by atoms with E-state index in [1.807, 2.05) is 20.8 Å². The van der Waals surface area contributed by atoms with Gasteiger partial charge in [0.25, 0.3) is 0 Å². The van der Waals surface area contributed by atoms with Gasteiger partial charge in [0.1, 0.15) is 11.6 Å². The number of piperidine rings is 1. The minimum absolute atomic E-state index is 0.0343. The molecule has 3 heteroatoms. The molecule has 1 aliphatic carbocycles. The van der Waals surface area contributed by atoms with Crippen molar-refractivity contribution in [2.75, 3.05) is 0 Å². The van der Waals surface area contributed by atoms with Crippen LogP contribution in [0.5, 0.6) is 0 Å². The molecule has 2 rings (SSSR count). The number of hydrogen-bond acceptors (Lipinski definition) is 3. The largest absolute Gasteiger partial charge is 0.459 e. The molecule has 2 aliphatic rings. The quantitative estimate of drug-likeness (QED) is 0.647. The van der Waals surface area contributed by atoms with Crippen LogP contribution in [0.3, 0.4) is 0 Å². The van der Waals surface area contributed by atoms with E-state index < -0.39 is 0 Å². The molecule has 1 N–H and O–H groups in total. The Bertz CT molecular complexity index is 244. The second kappa shape index (κ2) is 3.23. The van der Waals surface area contributed by atoms with E-state index in [0.29, 0.717) is 12.0 Å². The van der Waals surface area contributed by atoms with E-state index in [0.717, 1.165) is 6.42 Å². The number of nitrogens with one attached hydrogen (secondary N) is 1. The second-order valence-electron chi connectivity index (χ2n) is 5.45. The molecular weight excluding hydrogens is 178 g/mol. The standard InChI is InChI=1S/C11H19NO2/c1-11(2,3)14-10(13)9-7-4-5-8(6-7)12-9/h7-9,12H,4-6H2,1-3H3/t7-,8+,9-/m0/s1. The van der Waals surface area contributed by atoms with Crippen molar-refractivity contribution in [2.45, 2.75) is 57.7 Å². The van der Waals surface area contributed by atoms with Crippen LogP contribution in [0.2, 0.25) is 0 Å². The lowest BCUT2D eigenvalue weighted by molar-refractivity contribution is -0.158. The fourth-order valence-corrected chi connectivity index (χ4v) is 2.49. The van der Waals surface area contributed by atoms with Crippen molar-refractivity contribution >= 4 is 5.97 Å². The maximum atomic E-state index is 11.8. The molecule has 0 aromatic heterocycles. The SMILES string of the molecule is CC(C)(C)OC(=O)[C@H]1N[C@@H]2CC[C@H]1C2. The molecule has 0 aromatic rings. The fraction of sp³-hybridized carbons (Fsp3) is 0.909. The van der Waals surface area contributed by atoms with Crippen molar-refractivity contribution in [2.24, 2.45) is 5.92 Å². The van der Waals surface area contributed by atoms with Gasteiger partial charge in [0.15, 0.2) is 0 Å². The van der Waals surface area contributed by atoms with E-state index in [2.05, 4.69) is 5.32 Å². The number of ether oxygens (including phenoxy) is 1. The van der Waals surface area contributed by atoms with E-state index in [9.17, 15) is 4.79 Å².